The molecule has 1 N–H and O–H groups in total. The van der Waals surface area contributed by atoms with E-state index in [1.54, 1.807) is 13.8 Å². The quantitative estimate of drug-likeness (QED) is 0.769. The molecule has 0 amide bonds. The summed E-state index contributed by atoms with van der Waals surface area (Å²) in [6.07, 6.45) is 0.515. The average Bonchev–Trinajstić information content (AvgIpc) is 2.86. The number of nitrogens with one attached hydrogen (secondary N) is 1. The van der Waals surface area contributed by atoms with Crippen molar-refractivity contribution in [3.63, 3.8) is 0 Å². The standard InChI is InChI=1S/C17H17FN2O3S/c1-11-9-14(18)4-6-17(11)24(21,22)19-8-7-13-3-5-16-15(10-13)20-12(2)23-16/h3-6,9-10,19H,7-8H2,1-2H3. The first-order valence-electron chi connectivity index (χ1n) is 7.47. The average molecular weight is 348 g/mol. The number of fused-ring (bicyclic) bond motifs is 1. The maximum absolute atomic E-state index is 13.1. The van der Waals surface area contributed by atoms with E-state index in [1.165, 1.54) is 12.1 Å². The number of oxazole rings is 1. The van der Waals surface area contributed by atoms with Gasteiger partial charge in [0, 0.05) is 13.5 Å². The van der Waals surface area contributed by atoms with Gasteiger partial charge < -0.3 is 4.42 Å². The number of aromatic nitrogens is 1. The van der Waals surface area contributed by atoms with Crippen molar-refractivity contribution in [2.24, 2.45) is 0 Å². The van der Waals surface area contributed by atoms with E-state index in [9.17, 15) is 12.8 Å². The molecule has 1 heterocycles. The molecule has 0 spiro atoms. The van der Waals surface area contributed by atoms with Crippen LogP contribution in [-0.2, 0) is 16.4 Å². The van der Waals surface area contributed by atoms with Crippen molar-refractivity contribution in [3.8, 4) is 0 Å². The summed E-state index contributed by atoms with van der Waals surface area (Å²) < 4.78 is 45.7. The zero-order chi connectivity index (χ0) is 17.3. The van der Waals surface area contributed by atoms with Gasteiger partial charge in [0.15, 0.2) is 11.5 Å². The Balaban J connectivity index is 1.70. The van der Waals surface area contributed by atoms with Crippen molar-refractivity contribution < 1.29 is 17.2 Å². The molecule has 0 aliphatic carbocycles. The second-order valence-corrected chi connectivity index (χ2v) is 7.33. The third-order valence-corrected chi connectivity index (χ3v) is 5.31. The van der Waals surface area contributed by atoms with Crippen molar-refractivity contribution in [2.75, 3.05) is 6.54 Å². The van der Waals surface area contributed by atoms with Crippen LogP contribution in [0.3, 0.4) is 0 Å². The summed E-state index contributed by atoms with van der Waals surface area (Å²) in [7, 11) is -3.67. The Morgan fingerprint density at radius 1 is 1.17 bits per heavy atom. The molecule has 3 rings (SSSR count). The molecular formula is C17H17FN2O3S. The smallest absolute Gasteiger partial charge is 0.240 e. The lowest BCUT2D eigenvalue weighted by molar-refractivity contribution is 0.561. The van der Waals surface area contributed by atoms with Crippen LogP contribution in [0.25, 0.3) is 11.1 Å². The van der Waals surface area contributed by atoms with Crippen LogP contribution in [0.5, 0.6) is 0 Å². The van der Waals surface area contributed by atoms with E-state index in [0.29, 0.717) is 23.5 Å². The minimum Gasteiger partial charge on any atom is -0.441 e. The molecule has 0 radical (unpaired) electrons. The molecule has 0 saturated heterocycles. The SMILES string of the molecule is Cc1nc2cc(CCNS(=O)(=O)c3ccc(F)cc3C)ccc2o1. The summed E-state index contributed by atoms with van der Waals surface area (Å²) in [4.78, 5) is 4.35. The fourth-order valence-electron chi connectivity index (χ4n) is 2.57. The normalized spacial score (nSPS) is 12.0. The number of hydrogen-bond acceptors (Lipinski definition) is 4. The molecule has 0 bridgehead atoms. The molecule has 3 aromatic rings. The molecule has 24 heavy (non-hydrogen) atoms. The summed E-state index contributed by atoms with van der Waals surface area (Å²) in [5, 5.41) is 0. The number of benzene rings is 2. The van der Waals surface area contributed by atoms with Crippen LogP contribution in [0.1, 0.15) is 17.0 Å². The number of rotatable bonds is 5. The van der Waals surface area contributed by atoms with Crippen molar-refractivity contribution in [1.82, 2.24) is 9.71 Å². The van der Waals surface area contributed by atoms with E-state index in [0.717, 1.165) is 17.1 Å². The zero-order valence-corrected chi connectivity index (χ0v) is 14.2. The van der Waals surface area contributed by atoms with Gasteiger partial charge in [0.1, 0.15) is 11.3 Å². The van der Waals surface area contributed by atoms with Gasteiger partial charge in [-0.2, -0.15) is 0 Å². The van der Waals surface area contributed by atoms with Gasteiger partial charge >= 0.3 is 0 Å². The van der Waals surface area contributed by atoms with E-state index in [4.69, 9.17) is 4.42 Å². The summed E-state index contributed by atoms with van der Waals surface area (Å²) in [5.41, 5.74) is 2.79. The molecule has 0 unspecified atom stereocenters. The predicted octanol–water partition coefficient (Wildman–Crippen LogP) is 3.10. The van der Waals surface area contributed by atoms with Gasteiger partial charge in [0.2, 0.25) is 10.0 Å². The lowest BCUT2D eigenvalue weighted by Gasteiger charge is -2.09. The number of aryl methyl sites for hydroxylation is 2. The van der Waals surface area contributed by atoms with E-state index in [1.807, 2.05) is 18.2 Å². The summed E-state index contributed by atoms with van der Waals surface area (Å²) in [5.74, 6) is 0.136. The van der Waals surface area contributed by atoms with E-state index in [-0.39, 0.29) is 11.4 Å². The molecule has 2 aromatic carbocycles. The van der Waals surface area contributed by atoms with Gasteiger partial charge in [-0.05, 0) is 54.8 Å². The number of sulfonamides is 1. The Hall–Kier alpha value is -2.25. The van der Waals surface area contributed by atoms with E-state index in [2.05, 4.69) is 9.71 Å². The van der Waals surface area contributed by atoms with Gasteiger partial charge in [-0.1, -0.05) is 6.07 Å². The Bertz CT molecular complexity index is 996. The lowest BCUT2D eigenvalue weighted by Crippen LogP contribution is -2.26. The Kier molecular flexibility index (Phi) is 4.38. The highest BCUT2D eigenvalue weighted by Gasteiger charge is 2.16. The zero-order valence-electron chi connectivity index (χ0n) is 13.3. The van der Waals surface area contributed by atoms with Gasteiger partial charge in [-0.15, -0.1) is 0 Å². The summed E-state index contributed by atoms with van der Waals surface area (Å²) >= 11 is 0. The molecule has 1 aromatic heterocycles. The third kappa shape index (κ3) is 3.47. The van der Waals surface area contributed by atoms with E-state index < -0.39 is 15.8 Å². The highest BCUT2D eigenvalue weighted by Crippen LogP contribution is 2.18. The first kappa shape index (κ1) is 16.6. The maximum atomic E-state index is 13.1. The van der Waals surface area contributed by atoms with Gasteiger partial charge in [-0.3, -0.25) is 0 Å². The van der Waals surface area contributed by atoms with Crippen LogP contribution >= 0.6 is 0 Å². The van der Waals surface area contributed by atoms with Crippen molar-refractivity contribution in [3.05, 3.63) is 59.2 Å². The van der Waals surface area contributed by atoms with Crippen molar-refractivity contribution in [2.45, 2.75) is 25.2 Å². The third-order valence-electron chi connectivity index (χ3n) is 3.69. The van der Waals surface area contributed by atoms with Crippen LogP contribution in [-0.4, -0.2) is 19.9 Å². The Morgan fingerprint density at radius 2 is 1.96 bits per heavy atom. The van der Waals surface area contributed by atoms with E-state index >= 15 is 0 Å². The Morgan fingerprint density at radius 3 is 2.71 bits per heavy atom. The lowest BCUT2D eigenvalue weighted by atomic mass is 10.1. The number of hydrogen-bond donors (Lipinski definition) is 1. The molecule has 0 aliphatic rings. The predicted molar refractivity (Wildman–Crippen MR) is 88.8 cm³/mol. The minimum atomic E-state index is -3.67. The maximum Gasteiger partial charge on any atom is 0.240 e. The first-order chi connectivity index (χ1) is 11.3. The van der Waals surface area contributed by atoms with Crippen LogP contribution < -0.4 is 4.72 Å². The van der Waals surface area contributed by atoms with Crippen molar-refractivity contribution in [1.29, 1.82) is 0 Å². The number of nitrogens with zero attached hydrogens (tertiary/aromatic N) is 1. The van der Waals surface area contributed by atoms with Gasteiger partial charge in [-0.25, -0.2) is 22.5 Å². The molecule has 0 saturated carbocycles. The van der Waals surface area contributed by atoms with Crippen LogP contribution in [0, 0.1) is 19.7 Å². The topological polar surface area (TPSA) is 72.2 Å². The van der Waals surface area contributed by atoms with Crippen LogP contribution in [0.2, 0.25) is 0 Å². The highest BCUT2D eigenvalue weighted by molar-refractivity contribution is 7.89. The molecule has 126 valence electrons. The minimum absolute atomic E-state index is 0.0893. The summed E-state index contributed by atoms with van der Waals surface area (Å²) in [6.45, 7) is 3.58. The van der Waals surface area contributed by atoms with Crippen LogP contribution in [0.15, 0.2) is 45.7 Å². The first-order valence-corrected chi connectivity index (χ1v) is 8.95. The monoisotopic (exact) mass is 348 g/mol. The van der Waals surface area contributed by atoms with Gasteiger partial charge in [0.25, 0.3) is 0 Å². The number of halogens is 1. The molecule has 5 nitrogen and oxygen atoms in total. The fourth-order valence-corrected chi connectivity index (χ4v) is 3.82. The second kappa shape index (κ2) is 6.33. The molecule has 7 heteroatoms. The largest absolute Gasteiger partial charge is 0.441 e. The Labute approximate surface area is 139 Å². The molecule has 0 fully saturated rings. The molecule has 0 aliphatic heterocycles. The molecule has 0 atom stereocenters. The fraction of sp³-hybridized carbons (Fsp3) is 0.235. The molecular weight excluding hydrogens is 331 g/mol. The second-order valence-electron chi connectivity index (χ2n) is 5.59. The highest BCUT2D eigenvalue weighted by atomic mass is 32.2. The van der Waals surface area contributed by atoms with Crippen LogP contribution in [0.4, 0.5) is 4.39 Å². The summed E-state index contributed by atoms with van der Waals surface area (Å²) in [6, 6.07) is 9.20. The van der Waals surface area contributed by atoms with Gasteiger partial charge in [0.05, 0.1) is 4.90 Å². The van der Waals surface area contributed by atoms with Crippen molar-refractivity contribution >= 4 is 21.1 Å².